The maximum atomic E-state index is 12.9. The van der Waals surface area contributed by atoms with Crippen LogP contribution in [-0.4, -0.2) is 76.5 Å². The Morgan fingerprint density at radius 1 is 1.04 bits per heavy atom. The van der Waals surface area contributed by atoms with Gasteiger partial charge < -0.3 is 19.1 Å². The third-order valence-corrected chi connectivity index (χ3v) is 6.73. The van der Waals surface area contributed by atoms with Crippen LogP contribution in [-0.2, 0) is 24.3 Å². The molecule has 0 aromatic heterocycles. The first-order chi connectivity index (χ1) is 13.4. The van der Waals surface area contributed by atoms with Gasteiger partial charge in [0.25, 0.3) is 5.91 Å². The normalized spacial score (nSPS) is 17.9. The van der Waals surface area contributed by atoms with E-state index in [-0.39, 0.29) is 55.5 Å². The number of carbonyl (C=O) groups is 2. The van der Waals surface area contributed by atoms with E-state index in [2.05, 4.69) is 0 Å². The highest BCUT2D eigenvalue weighted by Crippen LogP contribution is 2.31. The van der Waals surface area contributed by atoms with E-state index in [1.807, 2.05) is 0 Å². The molecule has 1 aliphatic carbocycles. The average molecular weight is 412 g/mol. The molecular weight excluding hydrogens is 388 g/mol. The van der Waals surface area contributed by atoms with Crippen molar-refractivity contribution in [3.05, 3.63) is 18.2 Å². The van der Waals surface area contributed by atoms with Crippen molar-refractivity contribution >= 4 is 21.9 Å². The van der Waals surface area contributed by atoms with Crippen molar-refractivity contribution in [2.75, 3.05) is 47.0 Å². The van der Waals surface area contributed by atoms with Crippen molar-refractivity contribution in [1.29, 1.82) is 0 Å². The number of hydrogen-bond acceptors (Lipinski definition) is 7. The molecule has 0 unspecified atom stereocenters. The molecule has 1 aromatic carbocycles. The van der Waals surface area contributed by atoms with Crippen LogP contribution >= 0.6 is 0 Å². The smallest absolute Gasteiger partial charge is 0.309 e. The summed E-state index contributed by atoms with van der Waals surface area (Å²) in [5.41, 5.74) is 0. The molecule has 1 aliphatic heterocycles. The Kier molecular flexibility index (Phi) is 6.09. The second-order valence-corrected chi connectivity index (χ2v) is 8.62. The summed E-state index contributed by atoms with van der Waals surface area (Å²) in [6, 6.07) is 4.42. The number of nitrogens with zero attached hydrogens (tertiary/aromatic N) is 2. The summed E-state index contributed by atoms with van der Waals surface area (Å²) in [5, 5.41) is 0. The van der Waals surface area contributed by atoms with Crippen LogP contribution in [0.3, 0.4) is 0 Å². The lowest BCUT2D eigenvalue weighted by Crippen LogP contribution is -2.51. The van der Waals surface area contributed by atoms with E-state index in [4.69, 9.17) is 14.2 Å². The molecule has 2 aliphatic rings. The molecular formula is C18H24N2O7S. The monoisotopic (exact) mass is 412 g/mol. The van der Waals surface area contributed by atoms with Crippen LogP contribution in [0.2, 0.25) is 0 Å². The Labute approximate surface area is 164 Å². The second-order valence-electron chi connectivity index (χ2n) is 6.68. The minimum Gasteiger partial charge on any atom is -0.493 e. The summed E-state index contributed by atoms with van der Waals surface area (Å²) >= 11 is 0. The van der Waals surface area contributed by atoms with Gasteiger partial charge in [0.05, 0.1) is 25.0 Å². The van der Waals surface area contributed by atoms with Crippen LogP contribution in [0.5, 0.6) is 11.5 Å². The number of ether oxygens (including phenoxy) is 3. The number of hydrogen-bond donors (Lipinski definition) is 0. The molecule has 0 atom stereocenters. The van der Waals surface area contributed by atoms with Gasteiger partial charge in [0, 0.05) is 32.2 Å². The Hall–Kier alpha value is -2.33. The van der Waals surface area contributed by atoms with E-state index in [1.165, 1.54) is 35.6 Å². The van der Waals surface area contributed by atoms with Crippen molar-refractivity contribution < 1.29 is 32.2 Å². The predicted molar refractivity (Wildman–Crippen MR) is 98.6 cm³/mol. The fourth-order valence-electron chi connectivity index (χ4n) is 2.96. The van der Waals surface area contributed by atoms with E-state index in [0.29, 0.717) is 11.5 Å². The van der Waals surface area contributed by atoms with Crippen molar-refractivity contribution in [2.45, 2.75) is 17.7 Å². The Morgan fingerprint density at radius 3 is 2.25 bits per heavy atom. The molecule has 1 saturated carbocycles. The zero-order chi connectivity index (χ0) is 20.3. The van der Waals surface area contributed by atoms with Gasteiger partial charge in [0.2, 0.25) is 10.0 Å². The summed E-state index contributed by atoms with van der Waals surface area (Å²) in [6.45, 7) is 0.522. The predicted octanol–water partition coefficient (Wildman–Crippen LogP) is 0.490. The molecule has 10 heteroatoms. The van der Waals surface area contributed by atoms with Crippen LogP contribution in [0, 0.1) is 5.92 Å². The van der Waals surface area contributed by atoms with Crippen LogP contribution < -0.4 is 9.47 Å². The van der Waals surface area contributed by atoms with Crippen molar-refractivity contribution in [3.63, 3.8) is 0 Å². The zero-order valence-electron chi connectivity index (χ0n) is 15.9. The van der Waals surface area contributed by atoms with Gasteiger partial charge in [-0.25, -0.2) is 8.42 Å². The number of benzene rings is 1. The number of rotatable bonds is 7. The van der Waals surface area contributed by atoms with E-state index < -0.39 is 10.0 Å². The number of sulfonamides is 1. The first-order valence-corrected chi connectivity index (χ1v) is 10.5. The molecule has 154 valence electrons. The SMILES string of the molecule is COc1ccc(S(=O)(=O)N2CCN(C(=O)COC(=O)C3CC3)CC2)cc1OC. The quantitative estimate of drug-likeness (QED) is 0.601. The number of methoxy groups -OCH3 is 2. The Morgan fingerprint density at radius 2 is 1.68 bits per heavy atom. The minimum atomic E-state index is -3.72. The van der Waals surface area contributed by atoms with Gasteiger partial charge in [-0.05, 0) is 25.0 Å². The Bertz CT molecular complexity index is 843. The maximum Gasteiger partial charge on any atom is 0.309 e. The van der Waals surface area contributed by atoms with Gasteiger partial charge >= 0.3 is 5.97 Å². The fourth-order valence-corrected chi connectivity index (χ4v) is 4.40. The molecule has 1 heterocycles. The highest BCUT2D eigenvalue weighted by atomic mass is 32.2. The lowest BCUT2D eigenvalue weighted by Gasteiger charge is -2.34. The van der Waals surface area contributed by atoms with Gasteiger partial charge in [-0.3, -0.25) is 9.59 Å². The highest BCUT2D eigenvalue weighted by molar-refractivity contribution is 7.89. The van der Waals surface area contributed by atoms with Gasteiger partial charge in [-0.1, -0.05) is 0 Å². The molecule has 9 nitrogen and oxygen atoms in total. The van der Waals surface area contributed by atoms with E-state index in [9.17, 15) is 18.0 Å². The van der Waals surface area contributed by atoms with Crippen LogP contribution in [0.4, 0.5) is 0 Å². The van der Waals surface area contributed by atoms with Gasteiger partial charge in [0.1, 0.15) is 0 Å². The van der Waals surface area contributed by atoms with Crippen LogP contribution in [0.15, 0.2) is 23.1 Å². The number of esters is 1. The molecule has 0 radical (unpaired) electrons. The molecule has 1 saturated heterocycles. The third-order valence-electron chi connectivity index (χ3n) is 4.83. The van der Waals surface area contributed by atoms with Crippen LogP contribution in [0.25, 0.3) is 0 Å². The fraction of sp³-hybridized carbons (Fsp3) is 0.556. The minimum absolute atomic E-state index is 0.0590. The van der Waals surface area contributed by atoms with E-state index in [1.54, 1.807) is 6.07 Å². The van der Waals surface area contributed by atoms with Crippen molar-refractivity contribution in [3.8, 4) is 11.5 Å². The molecule has 2 fully saturated rings. The first kappa shape index (κ1) is 20.4. The summed E-state index contributed by atoms with van der Waals surface area (Å²) in [6.07, 6.45) is 1.64. The first-order valence-electron chi connectivity index (χ1n) is 9.03. The topological polar surface area (TPSA) is 102 Å². The molecule has 0 spiro atoms. The average Bonchev–Trinajstić information content (AvgIpc) is 3.56. The molecule has 1 aromatic rings. The Balaban J connectivity index is 1.58. The van der Waals surface area contributed by atoms with E-state index >= 15 is 0 Å². The number of amides is 1. The number of piperazine rings is 1. The van der Waals surface area contributed by atoms with Gasteiger partial charge in [-0.15, -0.1) is 0 Å². The molecule has 1 amide bonds. The standard InChI is InChI=1S/C18H24N2O7S/c1-25-15-6-5-14(11-16(15)26-2)28(23,24)20-9-7-19(8-10-20)17(21)12-27-18(22)13-3-4-13/h5-6,11,13H,3-4,7-10,12H2,1-2H3. The summed E-state index contributed by atoms with van der Waals surface area (Å²) in [4.78, 5) is 25.3. The van der Waals surface area contributed by atoms with Gasteiger partial charge in [0.15, 0.2) is 18.1 Å². The van der Waals surface area contributed by atoms with Crippen molar-refractivity contribution in [2.24, 2.45) is 5.92 Å². The molecule has 0 bridgehead atoms. The molecule has 0 N–H and O–H groups in total. The maximum absolute atomic E-state index is 12.9. The van der Waals surface area contributed by atoms with E-state index in [0.717, 1.165) is 12.8 Å². The zero-order valence-corrected chi connectivity index (χ0v) is 16.7. The number of carbonyl (C=O) groups excluding carboxylic acids is 2. The lowest BCUT2D eigenvalue weighted by atomic mass is 10.3. The lowest BCUT2D eigenvalue weighted by molar-refractivity contribution is -0.153. The highest BCUT2D eigenvalue weighted by Gasteiger charge is 2.33. The van der Waals surface area contributed by atoms with Gasteiger partial charge in [-0.2, -0.15) is 4.31 Å². The van der Waals surface area contributed by atoms with Crippen LogP contribution in [0.1, 0.15) is 12.8 Å². The largest absolute Gasteiger partial charge is 0.493 e. The summed E-state index contributed by atoms with van der Waals surface area (Å²) in [5.74, 6) is 0.0731. The summed E-state index contributed by atoms with van der Waals surface area (Å²) in [7, 11) is -0.807. The van der Waals surface area contributed by atoms with Crippen molar-refractivity contribution in [1.82, 2.24) is 9.21 Å². The second kappa shape index (κ2) is 8.36. The molecule has 28 heavy (non-hydrogen) atoms. The third kappa shape index (κ3) is 4.39. The summed E-state index contributed by atoms with van der Waals surface area (Å²) < 4.78 is 42.4. The molecule has 3 rings (SSSR count).